The number of ether oxygens (including phenoxy) is 1. The molecule has 0 aromatic rings. The van der Waals surface area contributed by atoms with Crippen LogP contribution in [0, 0.1) is 0 Å². The van der Waals surface area contributed by atoms with Crippen LogP contribution in [-0.4, -0.2) is 36.4 Å². The minimum Gasteiger partial charge on any atom is -0.451 e. The first-order chi connectivity index (χ1) is 5.75. The van der Waals surface area contributed by atoms with Gasteiger partial charge >= 0.3 is 6.09 Å². The lowest BCUT2D eigenvalue weighted by atomic mass is 10.3. The number of rotatable bonds is 1. The predicted molar refractivity (Wildman–Crippen MR) is 43.8 cm³/mol. The van der Waals surface area contributed by atoms with Crippen LogP contribution in [0.5, 0.6) is 0 Å². The number of hydrogen-bond acceptors (Lipinski definition) is 4. The van der Waals surface area contributed by atoms with Crippen LogP contribution in [0.15, 0.2) is 12.2 Å². The Labute approximate surface area is 71.3 Å². The molecule has 2 N–H and O–H groups in total. The Morgan fingerprint density at radius 1 is 1.67 bits per heavy atom. The van der Waals surface area contributed by atoms with E-state index in [1.807, 2.05) is 6.08 Å². The minimum atomic E-state index is -0.537. The maximum absolute atomic E-state index is 10.9. The molecular formula is C7H13N3O2. The van der Waals surface area contributed by atoms with Crippen molar-refractivity contribution in [1.29, 1.82) is 0 Å². The lowest BCUT2D eigenvalue weighted by Crippen LogP contribution is -2.52. The number of nitrogens with zero attached hydrogens (tertiary/aromatic N) is 2. The fourth-order valence-electron chi connectivity index (χ4n) is 1.03. The number of amides is 1. The van der Waals surface area contributed by atoms with Gasteiger partial charge in [0.25, 0.3) is 0 Å². The Morgan fingerprint density at radius 2 is 2.42 bits per heavy atom. The molecule has 0 saturated heterocycles. The molecule has 0 unspecified atom stereocenters. The molecule has 0 saturated carbocycles. The molecule has 0 aromatic carbocycles. The summed E-state index contributed by atoms with van der Waals surface area (Å²) in [6.45, 7) is 1.41. The number of carbonyl (C=O) groups is 1. The average molecular weight is 171 g/mol. The fourth-order valence-corrected chi connectivity index (χ4v) is 1.03. The minimum absolute atomic E-state index is 0.537. The second-order valence-electron chi connectivity index (χ2n) is 2.49. The molecule has 0 atom stereocenters. The molecular weight excluding hydrogens is 158 g/mol. The van der Waals surface area contributed by atoms with Gasteiger partial charge in [0.15, 0.2) is 0 Å². The third kappa shape index (κ3) is 1.96. The zero-order valence-corrected chi connectivity index (χ0v) is 7.06. The number of carbonyl (C=O) groups excluding carboxylic acids is 1. The molecule has 1 amide bonds. The predicted octanol–water partition coefficient (Wildman–Crippen LogP) is 0.105. The summed E-state index contributed by atoms with van der Waals surface area (Å²) in [5.74, 6) is 5.45. The SMILES string of the molecule is COC(=O)N(N)N1CC=CCC1. The van der Waals surface area contributed by atoms with Crippen molar-refractivity contribution < 1.29 is 9.53 Å². The van der Waals surface area contributed by atoms with Gasteiger partial charge in [-0.1, -0.05) is 12.2 Å². The summed E-state index contributed by atoms with van der Waals surface area (Å²) >= 11 is 0. The van der Waals surface area contributed by atoms with Gasteiger partial charge < -0.3 is 4.74 Å². The molecule has 0 aromatic heterocycles. The quantitative estimate of drug-likeness (QED) is 0.263. The standard InChI is InChI=1S/C7H13N3O2/c1-12-7(11)10(8)9-5-3-2-4-6-9/h2-3H,4-6,8H2,1H3. The van der Waals surface area contributed by atoms with E-state index in [1.165, 1.54) is 7.11 Å². The molecule has 5 heteroatoms. The zero-order chi connectivity index (χ0) is 8.97. The first-order valence-corrected chi connectivity index (χ1v) is 3.78. The molecule has 1 heterocycles. The molecule has 12 heavy (non-hydrogen) atoms. The third-order valence-corrected chi connectivity index (χ3v) is 1.70. The topological polar surface area (TPSA) is 58.8 Å². The monoisotopic (exact) mass is 171 g/mol. The van der Waals surface area contributed by atoms with Crippen molar-refractivity contribution in [1.82, 2.24) is 10.1 Å². The molecule has 5 nitrogen and oxygen atoms in total. The first-order valence-electron chi connectivity index (χ1n) is 3.78. The van der Waals surface area contributed by atoms with Crippen LogP contribution in [-0.2, 0) is 4.74 Å². The van der Waals surface area contributed by atoms with Crippen molar-refractivity contribution in [2.75, 3.05) is 20.2 Å². The number of hydrogen-bond donors (Lipinski definition) is 1. The molecule has 0 radical (unpaired) electrons. The largest absolute Gasteiger partial charge is 0.451 e. The summed E-state index contributed by atoms with van der Waals surface area (Å²) in [6.07, 6.45) is 4.39. The van der Waals surface area contributed by atoms with E-state index in [0.717, 1.165) is 18.1 Å². The summed E-state index contributed by atoms with van der Waals surface area (Å²) in [6, 6.07) is 0. The highest BCUT2D eigenvalue weighted by Crippen LogP contribution is 2.02. The summed E-state index contributed by atoms with van der Waals surface area (Å²) in [5.41, 5.74) is 0. The van der Waals surface area contributed by atoms with Crippen molar-refractivity contribution in [2.24, 2.45) is 5.84 Å². The first kappa shape index (κ1) is 9.02. The molecule has 0 aliphatic carbocycles. The van der Waals surface area contributed by atoms with Crippen LogP contribution < -0.4 is 5.84 Å². The Balaban J connectivity index is 2.46. The van der Waals surface area contributed by atoms with Crippen molar-refractivity contribution in [2.45, 2.75) is 6.42 Å². The third-order valence-electron chi connectivity index (χ3n) is 1.70. The molecule has 68 valence electrons. The summed E-state index contributed by atoms with van der Waals surface area (Å²) in [5, 5.41) is 2.72. The van der Waals surface area contributed by atoms with Gasteiger partial charge in [-0.05, 0) is 6.42 Å². The van der Waals surface area contributed by atoms with E-state index in [2.05, 4.69) is 10.8 Å². The average Bonchev–Trinajstić information content (AvgIpc) is 2.17. The summed E-state index contributed by atoms with van der Waals surface area (Å²) in [7, 11) is 1.31. The summed E-state index contributed by atoms with van der Waals surface area (Å²) in [4.78, 5) is 10.9. The van der Waals surface area contributed by atoms with E-state index in [-0.39, 0.29) is 0 Å². The van der Waals surface area contributed by atoms with Crippen LogP contribution >= 0.6 is 0 Å². The second-order valence-corrected chi connectivity index (χ2v) is 2.49. The van der Waals surface area contributed by atoms with E-state index in [1.54, 1.807) is 5.01 Å². The van der Waals surface area contributed by atoms with Crippen molar-refractivity contribution in [3.05, 3.63) is 12.2 Å². The maximum Gasteiger partial charge on any atom is 0.439 e. The van der Waals surface area contributed by atoms with Crippen LogP contribution in [0.3, 0.4) is 0 Å². The van der Waals surface area contributed by atoms with Gasteiger partial charge in [0.2, 0.25) is 0 Å². The Hall–Kier alpha value is -1.07. The Bertz CT molecular complexity index is 193. The van der Waals surface area contributed by atoms with Gasteiger partial charge in [-0.2, -0.15) is 10.1 Å². The van der Waals surface area contributed by atoms with Crippen LogP contribution in [0.4, 0.5) is 4.79 Å². The van der Waals surface area contributed by atoms with Crippen LogP contribution in [0.2, 0.25) is 0 Å². The van der Waals surface area contributed by atoms with E-state index in [9.17, 15) is 4.79 Å². The number of nitrogens with two attached hydrogens (primary N) is 1. The lowest BCUT2D eigenvalue weighted by Gasteiger charge is -2.30. The molecule has 0 spiro atoms. The molecule has 1 aliphatic rings. The second kappa shape index (κ2) is 4.08. The smallest absolute Gasteiger partial charge is 0.439 e. The van der Waals surface area contributed by atoms with Gasteiger partial charge in [-0.15, -0.1) is 0 Å². The van der Waals surface area contributed by atoms with Crippen molar-refractivity contribution in [3.63, 3.8) is 0 Å². The molecule has 1 aliphatic heterocycles. The van der Waals surface area contributed by atoms with Crippen LogP contribution in [0.1, 0.15) is 6.42 Å². The van der Waals surface area contributed by atoms with E-state index in [4.69, 9.17) is 5.84 Å². The van der Waals surface area contributed by atoms with E-state index < -0.39 is 6.09 Å². The number of methoxy groups -OCH3 is 1. The highest BCUT2D eigenvalue weighted by molar-refractivity contribution is 5.65. The Kier molecular flexibility index (Phi) is 3.07. The number of hydrazine groups is 2. The summed E-state index contributed by atoms with van der Waals surface area (Å²) < 4.78 is 4.46. The Morgan fingerprint density at radius 3 is 2.92 bits per heavy atom. The van der Waals surface area contributed by atoms with Gasteiger partial charge in [0.05, 0.1) is 7.11 Å². The van der Waals surface area contributed by atoms with Crippen molar-refractivity contribution in [3.8, 4) is 0 Å². The van der Waals surface area contributed by atoms with Crippen LogP contribution in [0.25, 0.3) is 0 Å². The zero-order valence-electron chi connectivity index (χ0n) is 7.06. The molecule has 1 rings (SSSR count). The van der Waals surface area contributed by atoms with Gasteiger partial charge in [0.1, 0.15) is 0 Å². The fraction of sp³-hybridized carbons (Fsp3) is 0.571. The maximum atomic E-state index is 10.9. The highest BCUT2D eigenvalue weighted by Gasteiger charge is 2.17. The van der Waals surface area contributed by atoms with Gasteiger partial charge in [0, 0.05) is 13.1 Å². The highest BCUT2D eigenvalue weighted by atomic mass is 16.6. The van der Waals surface area contributed by atoms with Crippen molar-refractivity contribution >= 4 is 6.09 Å². The molecule has 0 fully saturated rings. The molecule has 0 bridgehead atoms. The van der Waals surface area contributed by atoms with Gasteiger partial charge in [-0.25, -0.2) is 10.6 Å². The normalized spacial score (nSPS) is 17.5. The lowest BCUT2D eigenvalue weighted by molar-refractivity contribution is -0.0106. The van der Waals surface area contributed by atoms with Gasteiger partial charge in [-0.3, -0.25) is 0 Å². The van der Waals surface area contributed by atoms with E-state index >= 15 is 0 Å². The van der Waals surface area contributed by atoms with E-state index in [0.29, 0.717) is 6.54 Å².